The maximum absolute atomic E-state index is 12.1. The lowest BCUT2D eigenvalue weighted by molar-refractivity contribution is -0.137. The van der Waals surface area contributed by atoms with E-state index < -0.39 is 5.97 Å². The summed E-state index contributed by atoms with van der Waals surface area (Å²) in [6, 6.07) is 8.00. The summed E-state index contributed by atoms with van der Waals surface area (Å²) in [6.45, 7) is 3.79. The summed E-state index contributed by atoms with van der Waals surface area (Å²) in [6.07, 6.45) is -0.0982. The third-order valence-electron chi connectivity index (χ3n) is 2.72. The van der Waals surface area contributed by atoms with Crippen LogP contribution in [0.1, 0.15) is 25.8 Å². The summed E-state index contributed by atoms with van der Waals surface area (Å²) in [4.78, 5) is 24.1. The molecule has 0 unspecified atom stereocenters. The van der Waals surface area contributed by atoms with Crippen molar-refractivity contribution in [3.63, 3.8) is 0 Å². The highest BCUT2D eigenvalue weighted by atomic mass is 16.4. The normalized spacial score (nSPS) is 9.90. The van der Waals surface area contributed by atoms with E-state index in [9.17, 15) is 9.59 Å². The molecular formula is C14H17N3O3. The average molecular weight is 275 g/mol. The lowest BCUT2D eigenvalue weighted by Crippen LogP contribution is -2.41. The number of carbonyl (C=O) groups excluding carboxylic acids is 1. The van der Waals surface area contributed by atoms with Crippen molar-refractivity contribution in [2.24, 2.45) is 0 Å². The third kappa shape index (κ3) is 4.61. The van der Waals surface area contributed by atoms with E-state index in [1.165, 1.54) is 4.90 Å². The number of benzene rings is 1. The predicted octanol–water partition coefficient (Wildman–Crippen LogP) is 2.28. The minimum atomic E-state index is -0.943. The van der Waals surface area contributed by atoms with Crippen molar-refractivity contribution < 1.29 is 14.7 Å². The lowest BCUT2D eigenvalue weighted by Gasteiger charge is -2.26. The molecule has 6 nitrogen and oxygen atoms in total. The first-order valence-corrected chi connectivity index (χ1v) is 6.23. The fourth-order valence-electron chi connectivity index (χ4n) is 1.63. The third-order valence-corrected chi connectivity index (χ3v) is 2.72. The van der Waals surface area contributed by atoms with E-state index in [4.69, 9.17) is 10.4 Å². The molecule has 0 radical (unpaired) electrons. The van der Waals surface area contributed by atoms with Gasteiger partial charge in [-0.25, -0.2) is 4.79 Å². The zero-order chi connectivity index (χ0) is 15.1. The van der Waals surface area contributed by atoms with E-state index in [2.05, 4.69) is 5.32 Å². The topological polar surface area (TPSA) is 93.4 Å². The summed E-state index contributed by atoms with van der Waals surface area (Å²) in [5, 5.41) is 20.1. The summed E-state index contributed by atoms with van der Waals surface area (Å²) < 4.78 is 0. The minimum absolute atomic E-state index is 0.0982. The van der Waals surface area contributed by atoms with Gasteiger partial charge >= 0.3 is 12.0 Å². The van der Waals surface area contributed by atoms with Crippen LogP contribution < -0.4 is 5.32 Å². The number of carboxylic acids is 1. The second kappa shape index (κ2) is 7.14. The molecule has 0 saturated heterocycles. The van der Waals surface area contributed by atoms with Gasteiger partial charge in [0.25, 0.3) is 0 Å². The number of nitrogens with zero attached hydrogens (tertiary/aromatic N) is 2. The number of hydrogen-bond donors (Lipinski definition) is 2. The predicted molar refractivity (Wildman–Crippen MR) is 74.3 cm³/mol. The fraction of sp³-hybridized carbons (Fsp3) is 0.357. The number of nitrogens with one attached hydrogen (secondary N) is 1. The van der Waals surface area contributed by atoms with Crippen LogP contribution in [0.15, 0.2) is 24.3 Å². The first kappa shape index (κ1) is 15.5. The molecule has 0 atom stereocenters. The Bertz CT molecular complexity index is 517. The van der Waals surface area contributed by atoms with Crippen LogP contribution in [0.3, 0.4) is 0 Å². The van der Waals surface area contributed by atoms with Crippen molar-refractivity contribution in [3.8, 4) is 6.07 Å². The van der Waals surface area contributed by atoms with E-state index in [1.807, 2.05) is 19.9 Å². The summed E-state index contributed by atoms with van der Waals surface area (Å²) in [5.74, 6) is -0.943. The zero-order valence-corrected chi connectivity index (χ0v) is 11.5. The molecule has 0 saturated carbocycles. The summed E-state index contributed by atoms with van der Waals surface area (Å²) in [5.41, 5.74) is 1.07. The van der Waals surface area contributed by atoms with Crippen LogP contribution >= 0.6 is 0 Å². The molecule has 1 aromatic carbocycles. The van der Waals surface area contributed by atoms with Gasteiger partial charge in [-0.05, 0) is 38.1 Å². The number of aliphatic carboxylic acids is 1. The van der Waals surface area contributed by atoms with Crippen LogP contribution in [-0.4, -0.2) is 34.6 Å². The Balaban J connectivity index is 2.69. The van der Waals surface area contributed by atoms with Crippen LogP contribution in [0.2, 0.25) is 0 Å². The molecule has 20 heavy (non-hydrogen) atoms. The van der Waals surface area contributed by atoms with Gasteiger partial charge in [-0.3, -0.25) is 4.79 Å². The Kier molecular flexibility index (Phi) is 5.54. The molecule has 0 heterocycles. The second-order valence-corrected chi connectivity index (χ2v) is 4.55. The molecule has 0 aliphatic heterocycles. The molecule has 6 heteroatoms. The number of carboxylic acid groups (broad SMARTS) is 1. The molecule has 1 aromatic rings. The standard InChI is InChI=1S/C14H17N3O3/c1-10(2)17(8-7-13(18)19)14(20)16-12-5-3-11(9-15)4-6-12/h3-6,10H,7-8H2,1-2H3,(H,16,20)(H,18,19). The second-order valence-electron chi connectivity index (χ2n) is 4.55. The first-order valence-electron chi connectivity index (χ1n) is 6.23. The van der Waals surface area contributed by atoms with E-state index in [0.29, 0.717) is 11.3 Å². The molecule has 2 amide bonds. The lowest BCUT2D eigenvalue weighted by atomic mass is 10.2. The van der Waals surface area contributed by atoms with Gasteiger partial charge in [-0.1, -0.05) is 0 Å². The van der Waals surface area contributed by atoms with Gasteiger partial charge in [-0.15, -0.1) is 0 Å². The number of amides is 2. The number of anilines is 1. The first-order chi connectivity index (χ1) is 9.43. The van der Waals surface area contributed by atoms with Gasteiger partial charge in [0.05, 0.1) is 18.1 Å². The Hall–Kier alpha value is -2.55. The Morgan fingerprint density at radius 1 is 1.35 bits per heavy atom. The molecule has 1 rings (SSSR count). The zero-order valence-electron chi connectivity index (χ0n) is 11.5. The molecule has 2 N–H and O–H groups in total. The molecule has 0 fully saturated rings. The van der Waals surface area contributed by atoms with Crippen molar-refractivity contribution >= 4 is 17.7 Å². The van der Waals surface area contributed by atoms with Crippen LogP contribution in [0.4, 0.5) is 10.5 Å². The minimum Gasteiger partial charge on any atom is -0.481 e. The summed E-state index contributed by atoms with van der Waals surface area (Å²) in [7, 11) is 0. The highest BCUT2D eigenvalue weighted by Gasteiger charge is 2.17. The molecule has 0 bridgehead atoms. The van der Waals surface area contributed by atoms with E-state index >= 15 is 0 Å². The number of rotatable bonds is 5. The molecule has 0 aliphatic rings. The van der Waals surface area contributed by atoms with Gasteiger partial charge < -0.3 is 15.3 Å². The highest BCUT2D eigenvalue weighted by molar-refractivity contribution is 5.89. The van der Waals surface area contributed by atoms with Crippen molar-refractivity contribution in [2.75, 3.05) is 11.9 Å². The van der Waals surface area contributed by atoms with E-state index in [-0.39, 0.29) is 25.0 Å². The maximum Gasteiger partial charge on any atom is 0.322 e. The van der Waals surface area contributed by atoms with E-state index in [1.54, 1.807) is 24.3 Å². The van der Waals surface area contributed by atoms with Crippen LogP contribution in [-0.2, 0) is 4.79 Å². The van der Waals surface area contributed by atoms with Gasteiger partial charge in [-0.2, -0.15) is 5.26 Å². The number of urea groups is 1. The van der Waals surface area contributed by atoms with Crippen molar-refractivity contribution in [1.29, 1.82) is 5.26 Å². The number of nitriles is 1. The average Bonchev–Trinajstić information content (AvgIpc) is 2.39. The SMILES string of the molecule is CC(C)N(CCC(=O)O)C(=O)Nc1ccc(C#N)cc1. The summed E-state index contributed by atoms with van der Waals surface area (Å²) >= 11 is 0. The molecule has 0 aliphatic carbocycles. The highest BCUT2D eigenvalue weighted by Crippen LogP contribution is 2.11. The van der Waals surface area contributed by atoms with Crippen LogP contribution in [0.25, 0.3) is 0 Å². The fourth-order valence-corrected chi connectivity index (χ4v) is 1.63. The molecule has 0 spiro atoms. The van der Waals surface area contributed by atoms with Crippen molar-refractivity contribution in [2.45, 2.75) is 26.3 Å². The van der Waals surface area contributed by atoms with Gasteiger partial charge in [0, 0.05) is 18.3 Å². The Morgan fingerprint density at radius 2 is 1.95 bits per heavy atom. The Morgan fingerprint density at radius 3 is 2.40 bits per heavy atom. The molecular weight excluding hydrogens is 258 g/mol. The monoisotopic (exact) mass is 275 g/mol. The van der Waals surface area contributed by atoms with Gasteiger partial charge in [0.15, 0.2) is 0 Å². The molecule has 106 valence electrons. The number of hydrogen-bond acceptors (Lipinski definition) is 3. The van der Waals surface area contributed by atoms with E-state index in [0.717, 1.165) is 0 Å². The van der Waals surface area contributed by atoms with Crippen LogP contribution in [0, 0.1) is 11.3 Å². The van der Waals surface area contributed by atoms with Crippen molar-refractivity contribution in [3.05, 3.63) is 29.8 Å². The van der Waals surface area contributed by atoms with Gasteiger partial charge in [0.2, 0.25) is 0 Å². The van der Waals surface area contributed by atoms with Crippen LogP contribution in [0.5, 0.6) is 0 Å². The maximum atomic E-state index is 12.1. The quantitative estimate of drug-likeness (QED) is 0.862. The Labute approximate surface area is 117 Å². The number of carbonyl (C=O) groups is 2. The van der Waals surface area contributed by atoms with Crippen molar-refractivity contribution in [1.82, 2.24) is 4.90 Å². The smallest absolute Gasteiger partial charge is 0.322 e. The largest absolute Gasteiger partial charge is 0.481 e. The van der Waals surface area contributed by atoms with Gasteiger partial charge in [0.1, 0.15) is 0 Å². The molecule has 0 aromatic heterocycles.